The van der Waals surface area contributed by atoms with Gasteiger partial charge < -0.3 is 19.2 Å². The number of rotatable bonds is 6. The molecule has 8 heteroatoms. The third kappa shape index (κ3) is 4.42. The maximum Gasteiger partial charge on any atom is 0.294 e. The monoisotopic (exact) mass is 542 g/mol. The Morgan fingerprint density at radius 2 is 1.67 bits per heavy atom. The molecule has 1 unspecified atom stereocenters. The van der Waals surface area contributed by atoms with Gasteiger partial charge in [0.15, 0.2) is 22.9 Å². The van der Waals surface area contributed by atoms with Gasteiger partial charge in [-0.15, -0.1) is 0 Å². The van der Waals surface area contributed by atoms with Gasteiger partial charge in [0.25, 0.3) is 5.91 Å². The number of hydrogen-bond acceptors (Lipinski definition) is 6. The number of furan rings is 1. The van der Waals surface area contributed by atoms with Crippen LogP contribution in [-0.2, 0) is 4.79 Å². The van der Waals surface area contributed by atoms with Crippen LogP contribution in [-0.4, -0.2) is 37.0 Å². The van der Waals surface area contributed by atoms with Crippen LogP contribution in [0.1, 0.15) is 41.4 Å². The largest absolute Gasteiger partial charge is 0.503 e. The van der Waals surface area contributed by atoms with Gasteiger partial charge in [-0.1, -0.05) is 41.9 Å². The second kappa shape index (κ2) is 10.2. The Bertz CT molecular complexity index is 1590. The van der Waals surface area contributed by atoms with E-state index in [9.17, 15) is 14.7 Å². The van der Waals surface area contributed by atoms with Gasteiger partial charge in [-0.3, -0.25) is 14.5 Å². The van der Waals surface area contributed by atoms with Gasteiger partial charge in [0.2, 0.25) is 5.78 Å². The van der Waals surface area contributed by atoms with Crippen LogP contribution in [0, 0.1) is 0 Å². The van der Waals surface area contributed by atoms with Crippen molar-refractivity contribution in [3.05, 3.63) is 100 Å². The zero-order valence-corrected chi connectivity index (χ0v) is 22.1. The average Bonchev–Trinajstić information content (AvgIpc) is 3.52. The fourth-order valence-electron chi connectivity index (χ4n) is 5.51. The van der Waals surface area contributed by atoms with E-state index in [0.29, 0.717) is 33.0 Å². The maximum atomic E-state index is 13.9. The smallest absolute Gasteiger partial charge is 0.294 e. The molecule has 3 heterocycles. The molecule has 0 radical (unpaired) electrons. The first-order chi connectivity index (χ1) is 19.0. The minimum atomic E-state index is -0.842. The summed E-state index contributed by atoms with van der Waals surface area (Å²) >= 11 is 6.20. The Morgan fingerprint density at radius 1 is 0.974 bits per heavy atom. The predicted octanol–water partition coefficient (Wildman–Crippen LogP) is 6.87. The van der Waals surface area contributed by atoms with E-state index in [4.69, 9.17) is 20.8 Å². The molecule has 198 valence electrons. The highest BCUT2D eigenvalue weighted by atomic mass is 35.5. The number of Topliss-reactive ketones (excluding diaryl/α,β-unsaturated/α-hetero) is 1. The molecule has 1 atom stereocenters. The highest BCUT2D eigenvalue weighted by Crippen LogP contribution is 2.43. The number of carbonyl (C=O) groups is 2. The Balaban J connectivity index is 1.41. The Kier molecular flexibility index (Phi) is 6.53. The molecule has 39 heavy (non-hydrogen) atoms. The number of ether oxygens (including phenoxy) is 1. The van der Waals surface area contributed by atoms with Crippen LogP contribution in [0.5, 0.6) is 5.75 Å². The number of anilines is 2. The van der Waals surface area contributed by atoms with Gasteiger partial charge in [-0.2, -0.15) is 0 Å². The molecule has 1 amide bonds. The molecule has 2 aliphatic rings. The van der Waals surface area contributed by atoms with E-state index in [1.807, 2.05) is 54.6 Å². The van der Waals surface area contributed by atoms with Crippen molar-refractivity contribution in [3.63, 3.8) is 0 Å². The number of aliphatic hydroxyl groups excluding tert-OH is 1. The van der Waals surface area contributed by atoms with Crippen molar-refractivity contribution in [2.75, 3.05) is 30.0 Å². The number of hydrogen-bond donors (Lipinski definition) is 1. The van der Waals surface area contributed by atoms with Crippen LogP contribution in [0.3, 0.4) is 0 Å². The third-order valence-electron chi connectivity index (χ3n) is 7.41. The van der Waals surface area contributed by atoms with E-state index < -0.39 is 23.5 Å². The van der Waals surface area contributed by atoms with Crippen molar-refractivity contribution in [1.29, 1.82) is 0 Å². The first-order valence-electron chi connectivity index (χ1n) is 12.9. The summed E-state index contributed by atoms with van der Waals surface area (Å²) in [7, 11) is 1.49. The van der Waals surface area contributed by atoms with Gasteiger partial charge in [-0.25, -0.2) is 0 Å². The number of benzene rings is 3. The second-order valence-corrected chi connectivity index (χ2v) is 10.2. The number of nitrogens with zero attached hydrogens (tertiary/aromatic N) is 2. The normalized spacial score (nSPS) is 17.8. The zero-order valence-electron chi connectivity index (χ0n) is 21.4. The molecule has 0 spiro atoms. The molecule has 1 saturated heterocycles. The van der Waals surface area contributed by atoms with Crippen molar-refractivity contribution in [1.82, 2.24) is 0 Å². The molecule has 3 aromatic carbocycles. The maximum absolute atomic E-state index is 13.9. The van der Waals surface area contributed by atoms with Gasteiger partial charge in [0, 0.05) is 40.9 Å². The summed E-state index contributed by atoms with van der Waals surface area (Å²) in [6, 6.07) is 20.9. The van der Waals surface area contributed by atoms with E-state index in [1.165, 1.54) is 18.4 Å². The molecule has 6 rings (SSSR count). The van der Waals surface area contributed by atoms with Crippen LogP contribution in [0.2, 0.25) is 5.02 Å². The lowest BCUT2D eigenvalue weighted by Gasteiger charge is -2.30. The summed E-state index contributed by atoms with van der Waals surface area (Å²) in [6.07, 6.45) is 3.56. The van der Waals surface area contributed by atoms with Crippen molar-refractivity contribution in [2.24, 2.45) is 0 Å². The van der Waals surface area contributed by atoms with Crippen molar-refractivity contribution in [3.8, 4) is 5.75 Å². The molecule has 7 nitrogen and oxygen atoms in total. The van der Waals surface area contributed by atoms with E-state index in [1.54, 1.807) is 18.2 Å². The Hall–Kier alpha value is -4.23. The fourth-order valence-corrected chi connectivity index (χ4v) is 5.73. The van der Waals surface area contributed by atoms with Crippen molar-refractivity contribution in [2.45, 2.75) is 25.3 Å². The van der Waals surface area contributed by atoms with Crippen LogP contribution in [0.4, 0.5) is 11.4 Å². The van der Waals surface area contributed by atoms with Gasteiger partial charge in [0.05, 0.1) is 18.7 Å². The number of carbonyl (C=O) groups excluding carboxylic acids is 2. The van der Waals surface area contributed by atoms with E-state index in [2.05, 4.69) is 4.90 Å². The topological polar surface area (TPSA) is 83.2 Å². The number of halogens is 1. The predicted molar refractivity (Wildman–Crippen MR) is 151 cm³/mol. The first-order valence-corrected chi connectivity index (χ1v) is 13.3. The second-order valence-electron chi connectivity index (χ2n) is 9.78. The van der Waals surface area contributed by atoms with Crippen molar-refractivity contribution < 1.29 is 23.8 Å². The molecule has 0 aliphatic carbocycles. The number of methoxy groups -OCH3 is 1. The summed E-state index contributed by atoms with van der Waals surface area (Å²) in [5.74, 6) is -1.47. The summed E-state index contributed by atoms with van der Waals surface area (Å²) in [5, 5.41) is 12.1. The van der Waals surface area contributed by atoms with Crippen LogP contribution in [0.25, 0.3) is 11.0 Å². The van der Waals surface area contributed by atoms with Crippen LogP contribution in [0.15, 0.2) is 88.5 Å². The quantitative estimate of drug-likeness (QED) is 0.268. The molecule has 1 aromatic heterocycles. The Labute approximate surface area is 230 Å². The van der Waals surface area contributed by atoms with Gasteiger partial charge >= 0.3 is 0 Å². The fraction of sp³-hybridized carbons (Fsp3) is 0.226. The summed E-state index contributed by atoms with van der Waals surface area (Å²) < 4.78 is 11.3. The lowest BCUT2D eigenvalue weighted by Crippen LogP contribution is -2.31. The molecule has 0 bridgehead atoms. The van der Waals surface area contributed by atoms with Gasteiger partial charge in [-0.05, 0) is 61.2 Å². The number of piperidine rings is 1. The minimum absolute atomic E-state index is 0.0249. The summed E-state index contributed by atoms with van der Waals surface area (Å²) in [5.41, 5.74) is 2.67. The lowest BCUT2D eigenvalue weighted by atomic mass is 9.94. The zero-order chi connectivity index (χ0) is 27.1. The molecule has 0 saturated carbocycles. The number of fused-ring (bicyclic) bond motifs is 1. The van der Waals surface area contributed by atoms with E-state index in [-0.39, 0.29) is 11.3 Å². The highest BCUT2D eigenvalue weighted by molar-refractivity contribution is 6.31. The molecule has 1 fully saturated rings. The average molecular weight is 543 g/mol. The summed E-state index contributed by atoms with van der Waals surface area (Å²) in [4.78, 5) is 31.2. The lowest BCUT2D eigenvalue weighted by molar-refractivity contribution is -0.117. The number of aliphatic hydroxyl groups is 1. The SMILES string of the molecule is COc1cc(Cl)cc2cc(C(=O)C3=C(O)C(=O)N(c4ccc(N5CCCCC5)cc4)C3c3ccccc3)oc12. The number of amides is 1. The van der Waals surface area contributed by atoms with Crippen LogP contribution < -0.4 is 14.5 Å². The summed E-state index contributed by atoms with van der Waals surface area (Å²) in [6.45, 7) is 2.01. The Morgan fingerprint density at radius 3 is 2.36 bits per heavy atom. The molecule has 4 aromatic rings. The number of ketones is 1. The molecule has 2 aliphatic heterocycles. The van der Waals surface area contributed by atoms with E-state index >= 15 is 0 Å². The van der Waals surface area contributed by atoms with Crippen LogP contribution >= 0.6 is 11.6 Å². The van der Waals surface area contributed by atoms with E-state index in [0.717, 1.165) is 31.6 Å². The highest BCUT2D eigenvalue weighted by Gasteiger charge is 2.45. The van der Waals surface area contributed by atoms with Gasteiger partial charge in [0.1, 0.15) is 0 Å². The standard InChI is InChI=1S/C31H27ClN2O5/c1-38-25-18-21(32)16-20-17-24(39-30(20)25)28(35)26-27(19-8-4-2-5-9-19)34(31(37)29(26)36)23-12-10-22(11-13-23)33-14-6-3-7-15-33/h2,4-5,8-13,16-18,27,36H,3,6-7,14-15H2,1H3. The van der Waals surface area contributed by atoms with Crippen molar-refractivity contribution >= 4 is 45.6 Å². The molecular formula is C31H27ClN2O5. The third-order valence-corrected chi connectivity index (χ3v) is 7.63. The minimum Gasteiger partial charge on any atom is -0.503 e. The molecular weight excluding hydrogens is 516 g/mol. The molecule has 1 N–H and O–H groups in total. The first kappa shape index (κ1) is 25.1.